The predicted octanol–water partition coefficient (Wildman–Crippen LogP) is 4.47. The van der Waals surface area contributed by atoms with Gasteiger partial charge in [0, 0.05) is 5.02 Å². The molecule has 0 saturated heterocycles. The van der Waals surface area contributed by atoms with Crippen molar-refractivity contribution in [1.82, 2.24) is 14.5 Å². The van der Waals surface area contributed by atoms with Crippen LogP contribution in [0.1, 0.15) is 5.69 Å². The molecule has 2 heterocycles. The molecule has 0 amide bonds. The minimum Gasteiger partial charge on any atom is -0.268 e. The normalized spacial score (nSPS) is 11.1. The van der Waals surface area contributed by atoms with Crippen LogP contribution >= 0.6 is 22.9 Å². The molecule has 4 nitrogen and oxygen atoms in total. The van der Waals surface area contributed by atoms with E-state index in [0.29, 0.717) is 21.7 Å². The second kappa shape index (κ2) is 5.85. The monoisotopic (exact) mass is 353 g/mol. The van der Waals surface area contributed by atoms with Crippen LogP contribution in [0.2, 0.25) is 5.02 Å². The molecule has 0 unspecified atom stereocenters. The Labute approximate surface area is 147 Å². The summed E-state index contributed by atoms with van der Waals surface area (Å²) in [4.78, 5) is 23.0. The first kappa shape index (κ1) is 15.1. The molecule has 2 aromatic carbocycles. The van der Waals surface area contributed by atoms with Gasteiger partial charge in [-0.15, -0.1) is 11.3 Å². The maximum absolute atomic E-state index is 13.1. The molecular formula is C18H12ClN3OS. The number of hydrogen-bond donors (Lipinski definition) is 0. The number of benzene rings is 2. The van der Waals surface area contributed by atoms with Gasteiger partial charge < -0.3 is 0 Å². The smallest absolute Gasteiger partial charge is 0.266 e. The Morgan fingerprint density at radius 2 is 1.83 bits per heavy atom. The third-order valence-electron chi connectivity index (χ3n) is 3.81. The Kier molecular flexibility index (Phi) is 3.67. The fourth-order valence-electron chi connectivity index (χ4n) is 2.63. The van der Waals surface area contributed by atoms with Gasteiger partial charge in [-0.2, -0.15) is 0 Å². The summed E-state index contributed by atoms with van der Waals surface area (Å²) in [6, 6.07) is 14.5. The first-order chi connectivity index (χ1) is 11.6. The van der Waals surface area contributed by atoms with E-state index in [1.807, 2.05) is 37.3 Å². The molecule has 0 saturated carbocycles. The fourth-order valence-corrected chi connectivity index (χ4v) is 3.54. The Morgan fingerprint density at radius 1 is 1.08 bits per heavy atom. The van der Waals surface area contributed by atoms with Crippen LogP contribution in [-0.2, 0) is 0 Å². The van der Waals surface area contributed by atoms with Gasteiger partial charge in [-0.05, 0) is 43.3 Å². The van der Waals surface area contributed by atoms with Gasteiger partial charge in [-0.3, -0.25) is 9.36 Å². The van der Waals surface area contributed by atoms with Crippen LogP contribution in [0.3, 0.4) is 0 Å². The molecule has 0 fully saturated rings. The molecule has 0 N–H and O–H groups in total. The number of para-hydroxylation sites is 1. The number of nitrogens with zero attached hydrogens (tertiary/aromatic N) is 3. The van der Waals surface area contributed by atoms with Gasteiger partial charge in [0.05, 0.1) is 32.7 Å². The molecule has 0 aliphatic rings. The average molecular weight is 354 g/mol. The number of rotatable bonds is 2. The molecule has 118 valence electrons. The maximum atomic E-state index is 13.1. The molecule has 0 bridgehead atoms. The van der Waals surface area contributed by atoms with E-state index in [1.54, 1.807) is 28.3 Å². The van der Waals surface area contributed by atoms with Crippen molar-refractivity contribution in [3.05, 3.63) is 75.1 Å². The van der Waals surface area contributed by atoms with Crippen molar-refractivity contribution in [3.8, 4) is 16.4 Å². The minimum atomic E-state index is -0.106. The largest absolute Gasteiger partial charge is 0.268 e. The molecule has 24 heavy (non-hydrogen) atoms. The lowest BCUT2D eigenvalue weighted by molar-refractivity contribution is 0.976. The Balaban J connectivity index is 2.13. The number of hydrogen-bond acceptors (Lipinski definition) is 4. The summed E-state index contributed by atoms with van der Waals surface area (Å²) in [5.41, 5.74) is 3.91. The molecule has 6 heteroatoms. The Morgan fingerprint density at radius 3 is 2.54 bits per heavy atom. The summed E-state index contributed by atoms with van der Waals surface area (Å²) in [7, 11) is 0. The van der Waals surface area contributed by atoms with Gasteiger partial charge in [-0.1, -0.05) is 23.7 Å². The number of halogens is 1. The summed E-state index contributed by atoms with van der Waals surface area (Å²) in [6.45, 7) is 1.92. The standard InChI is InChI=1S/C18H12ClN3OS/c1-11-16(24-10-20-11)17-21-15-5-3-2-4-14(15)18(23)22(17)13-8-6-12(19)7-9-13/h2-10H,1H3. The second-order valence-electron chi connectivity index (χ2n) is 5.34. The van der Waals surface area contributed by atoms with Gasteiger partial charge in [0.25, 0.3) is 5.56 Å². The van der Waals surface area contributed by atoms with Crippen molar-refractivity contribution in [2.24, 2.45) is 0 Å². The van der Waals surface area contributed by atoms with E-state index in [0.717, 1.165) is 16.3 Å². The lowest BCUT2D eigenvalue weighted by Crippen LogP contribution is -2.21. The van der Waals surface area contributed by atoms with Crippen LogP contribution in [0.25, 0.3) is 27.3 Å². The molecule has 4 aromatic rings. The van der Waals surface area contributed by atoms with Crippen molar-refractivity contribution < 1.29 is 0 Å². The van der Waals surface area contributed by atoms with Crippen molar-refractivity contribution in [2.75, 3.05) is 0 Å². The number of thiazole rings is 1. The molecule has 0 spiro atoms. The quantitative estimate of drug-likeness (QED) is 0.534. The number of aromatic nitrogens is 3. The van der Waals surface area contributed by atoms with E-state index in [2.05, 4.69) is 4.98 Å². The van der Waals surface area contributed by atoms with Crippen molar-refractivity contribution >= 4 is 33.8 Å². The molecule has 0 aliphatic carbocycles. The van der Waals surface area contributed by atoms with Crippen LogP contribution < -0.4 is 5.56 Å². The zero-order chi connectivity index (χ0) is 16.7. The summed E-state index contributed by atoms with van der Waals surface area (Å²) < 4.78 is 1.62. The SMILES string of the molecule is Cc1ncsc1-c1nc2ccccc2c(=O)n1-c1ccc(Cl)cc1. The van der Waals surface area contributed by atoms with Crippen molar-refractivity contribution in [3.63, 3.8) is 0 Å². The number of aryl methyl sites for hydroxylation is 1. The topological polar surface area (TPSA) is 47.8 Å². The second-order valence-corrected chi connectivity index (χ2v) is 6.63. The maximum Gasteiger partial charge on any atom is 0.266 e. The molecule has 0 atom stereocenters. The van der Waals surface area contributed by atoms with Gasteiger partial charge in [-0.25, -0.2) is 9.97 Å². The highest BCUT2D eigenvalue weighted by Crippen LogP contribution is 2.28. The van der Waals surface area contributed by atoms with Gasteiger partial charge in [0.1, 0.15) is 0 Å². The van der Waals surface area contributed by atoms with E-state index in [1.165, 1.54) is 11.3 Å². The van der Waals surface area contributed by atoms with Crippen LogP contribution in [0, 0.1) is 6.92 Å². The highest BCUT2D eigenvalue weighted by Gasteiger charge is 2.17. The Hall–Kier alpha value is -2.50. The summed E-state index contributed by atoms with van der Waals surface area (Å²) in [5.74, 6) is 0.598. The van der Waals surface area contributed by atoms with Crippen LogP contribution in [0.5, 0.6) is 0 Å². The van der Waals surface area contributed by atoms with Gasteiger partial charge >= 0.3 is 0 Å². The van der Waals surface area contributed by atoms with Crippen molar-refractivity contribution in [2.45, 2.75) is 6.92 Å². The first-order valence-corrected chi connectivity index (χ1v) is 8.59. The molecular weight excluding hydrogens is 342 g/mol. The Bertz CT molecular complexity index is 1100. The van der Waals surface area contributed by atoms with Crippen molar-refractivity contribution in [1.29, 1.82) is 0 Å². The lowest BCUT2D eigenvalue weighted by atomic mass is 10.2. The molecule has 0 radical (unpaired) electrons. The summed E-state index contributed by atoms with van der Waals surface area (Å²) >= 11 is 7.46. The minimum absolute atomic E-state index is 0.106. The summed E-state index contributed by atoms with van der Waals surface area (Å²) in [6.07, 6.45) is 0. The van der Waals surface area contributed by atoms with E-state index in [9.17, 15) is 4.79 Å². The zero-order valence-electron chi connectivity index (χ0n) is 12.7. The van der Waals surface area contributed by atoms with Gasteiger partial charge in [0.2, 0.25) is 0 Å². The average Bonchev–Trinajstić information content (AvgIpc) is 3.02. The fraction of sp³-hybridized carbons (Fsp3) is 0.0556. The van der Waals surface area contributed by atoms with E-state index >= 15 is 0 Å². The van der Waals surface area contributed by atoms with Gasteiger partial charge in [0.15, 0.2) is 5.82 Å². The third-order valence-corrected chi connectivity index (χ3v) is 4.99. The van der Waals surface area contributed by atoms with Crippen LogP contribution in [0.4, 0.5) is 0 Å². The van der Waals surface area contributed by atoms with E-state index < -0.39 is 0 Å². The zero-order valence-corrected chi connectivity index (χ0v) is 14.3. The third kappa shape index (κ3) is 2.42. The molecule has 0 aliphatic heterocycles. The molecule has 2 aromatic heterocycles. The van der Waals surface area contributed by atoms with Crippen LogP contribution in [-0.4, -0.2) is 14.5 Å². The number of fused-ring (bicyclic) bond motifs is 1. The predicted molar refractivity (Wildman–Crippen MR) is 98.2 cm³/mol. The highest BCUT2D eigenvalue weighted by atomic mass is 35.5. The lowest BCUT2D eigenvalue weighted by Gasteiger charge is -2.13. The molecule has 4 rings (SSSR count). The highest BCUT2D eigenvalue weighted by molar-refractivity contribution is 7.13. The first-order valence-electron chi connectivity index (χ1n) is 7.33. The van der Waals surface area contributed by atoms with E-state index in [4.69, 9.17) is 16.6 Å². The summed E-state index contributed by atoms with van der Waals surface area (Å²) in [5, 5.41) is 1.20. The van der Waals surface area contributed by atoms with E-state index in [-0.39, 0.29) is 5.56 Å². The van der Waals surface area contributed by atoms with Crippen LogP contribution in [0.15, 0.2) is 58.8 Å².